The summed E-state index contributed by atoms with van der Waals surface area (Å²) in [6, 6.07) is 0. The van der Waals surface area contributed by atoms with Crippen molar-refractivity contribution >= 4 is 11.9 Å². The van der Waals surface area contributed by atoms with Gasteiger partial charge in [0.05, 0.1) is 62.7 Å². The van der Waals surface area contributed by atoms with Crippen molar-refractivity contribution in [2.75, 3.05) is 55.9 Å². The first kappa shape index (κ1) is 45.5. The highest BCUT2D eigenvalue weighted by Crippen LogP contribution is 2.47. The Bertz CT molecular complexity index is 1360. The van der Waals surface area contributed by atoms with Crippen molar-refractivity contribution in [3.63, 3.8) is 0 Å². The van der Waals surface area contributed by atoms with Gasteiger partial charge in [-0.25, -0.2) is 0 Å². The second kappa shape index (κ2) is 20.3. The van der Waals surface area contributed by atoms with Crippen LogP contribution >= 0.6 is 0 Å². The molecule has 0 amide bonds. The highest BCUT2D eigenvalue weighted by Gasteiger charge is 2.51. The summed E-state index contributed by atoms with van der Waals surface area (Å²) < 4.78 is 86.4. The highest BCUT2D eigenvalue weighted by molar-refractivity contribution is 5.71. The van der Waals surface area contributed by atoms with E-state index in [9.17, 15) is 9.59 Å². The molecule has 59 heavy (non-hydrogen) atoms. The van der Waals surface area contributed by atoms with Gasteiger partial charge in [-0.1, -0.05) is 20.8 Å². The molecule has 0 N–H and O–H groups in total. The maximum Gasteiger partial charge on any atom is 0.308 e. The third-order valence-electron chi connectivity index (χ3n) is 14.2. The van der Waals surface area contributed by atoms with Gasteiger partial charge in [-0.3, -0.25) is 9.59 Å². The Morgan fingerprint density at radius 1 is 0.475 bits per heavy atom. The molecular weight excluding hydrogens is 772 g/mol. The number of esters is 2. The van der Waals surface area contributed by atoms with Gasteiger partial charge in [-0.2, -0.15) is 0 Å². The zero-order valence-electron chi connectivity index (χ0n) is 36.4. The van der Waals surface area contributed by atoms with Crippen LogP contribution in [0.1, 0.15) is 78.6 Å². The Morgan fingerprint density at radius 3 is 1.44 bits per heavy atom. The van der Waals surface area contributed by atoms with Gasteiger partial charge in [0.15, 0.2) is 12.6 Å². The first-order valence-corrected chi connectivity index (χ1v) is 21.9. The molecule has 0 radical (unpaired) electrons. The number of carbonyl (C=O) groups excluding carboxylic acids is 2. The van der Waals surface area contributed by atoms with E-state index in [1.807, 2.05) is 6.92 Å². The number of methoxy groups -OCH3 is 6. The van der Waals surface area contributed by atoms with Crippen molar-refractivity contribution in [1.82, 2.24) is 0 Å². The van der Waals surface area contributed by atoms with Crippen LogP contribution in [0.25, 0.3) is 0 Å². The first-order valence-electron chi connectivity index (χ1n) is 21.9. The summed E-state index contributed by atoms with van der Waals surface area (Å²) in [5, 5.41) is 0. The van der Waals surface area contributed by atoms with Crippen LogP contribution in [0.5, 0.6) is 0 Å². The summed E-state index contributed by atoms with van der Waals surface area (Å²) in [7, 11) is 9.69. The molecule has 338 valence electrons. The molecule has 5 heterocycles. The summed E-state index contributed by atoms with van der Waals surface area (Å²) in [5.41, 5.74) is 0. The third kappa shape index (κ3) is 10.8. The Hall–Kier alpha value is -1.54. The van der Waals surface area contributed by atoms with Crippen molar-refractivity contribution < 1.29 is 75.9 Å². The lowest BCUT2D eigenvalue weighted by Gasteiger charge is -2.45. The van der Waals surface area contributed by atoms with Gasteiger partial charge in [0.1, 0.15) is 48.8 Å². The standard InChI is InChI=1S/C43H70O16/c1-21-10-28(21)32-15-25-12-24(56-42-40(50-8)38(48-6)34(46-4)19-52-42)13-26(54-25)17-36(44)57-33(29-11-22(29)2)16-27-14-30(23(3)31(55-27)18-37(45)58-32)59-43-41(51-9)39(49-7)35(47-5)20-53-43/h21-35,38-43H,10-20H2,1-9H3/t21-,22-,23?,24-,25-,26+,27-,28-,29-,30-,31-,32?,33?,34+,35+,38?,39?,40?,41?,42-,43-/m0/s1. The predicted molar refractivity (Wildman–Crippen MR) is 207 cm³/mol. The minimum absolute atomic E-state index is 0.0472. The fraction of sp³-hybridized carbons (Fsp3) is 0.953. The monoisotopic (exact) mass is 842 g/mol. The number of rotatable bonds is 12. The van der Waals surface area contributed by atoms with Crippen LogP contribution in [0, 0.1) is 29.6 Å². The van der Waals surface area contributed by atoms with Crippen LogP contribution in [0.15, 0.2) is 0 Å². The minimum Gasteiger partial charge on any atom is -0.462 e. The highest BCUT2D eigenvalue weighted by atomic mass is 16.7. The molecule has 5 saturated heterocycles. The van der Waals surface area contributed by atoms with Gasteiger partial charge < -0.3 is 66.3 Å². The molecule has 2 saturated carbocycles. The van der Waals surface area contributed by atoms with E-state index in [0.717, 1.165) is 12.8 Å². The molecule has 16 nitrogen and oxygen atoms in total. The van der Waals surface area contributed by atoms with Crippen LogP contribution in [-0.4, -0.2) is 166 Å². The number of hydrogen-bond acceptors (Lipinski definition) is 16. The van der Waals surface area contributed by atoms with E-state index in [1.54, 1.807) is 42.7 Å². The summed E-state index contributed by atoms with van der Waals surface area (Å²) in [6.07, 6.45) is -2.64. The van der Waals surface area contributed by atoms with E-state index in [-0.39, 0.29) is 105 Å². The Morgan fingerprint density at radius 2 is 0.949 bits per heavy atom. The fourth-order valence-electron chi connectivity index (χ4n) is 10.4. The molecule has 21 atom stereocenters. The third-order valence-corrected chi connectivity index (χ3v) is 14.2. The van der Waals surface area contributed by atoms with Crippen molar-refractivity contribution in [3.8, 4) is 0 Å². The number of carbonyl (C=O) groups is 2. The fourth-order valence-corrected chi connectivity index (χ4v) is 10.4. The number of fused-ring (bicyclic) bond motifs is 4. The molecule has 0 spiro atoms. The van der Waals surface area contributed by atoms with Crippen LogP contribution in [0.3, 0.4) is 0 Å². The molecule has 4 bridgehead atoms. The van der Waals surface area contributed by atoms with Crippen LogP contribution < -0.4 is 0 Å². The Kier molecular flexibility index (Phi) is 15.7. The quantitative estimate of drug-likeness (QED) is 0.262. The lowest BCUT2D eigenvalue weighted by atomic mass is 9.86. The van der Waals surface area contributed by atoms with Crippen molar-refractivity contribution in [2.24, 2.45) is 29.6 Å². The maximum absolute atomic E-state index is 14.1. The van der Waals surface area contributed by atoms with Crippen molar-refractivity contribution in [1.29, 1.82) is 0 Å². The van der Waals surface area contributed by atoms with Gasteiger partial charge in [0.25, 0.3) is 0 Å². The molecule has 2 aliphatic carbocycles. The number of hydrogen-bond donors (Lipinski definition) is 0. The normalized spacial score (nSPS) is 48.5. The van der Waals surface area contributed by atoms with E-state index in [4.69, 9.17) is 66.3 Å². The molecular formula is C43H70O16. The van der Waals surface area contributed by atoms with E-state index >= 15 is 0 Å². The molecule has 16 heteroatoms. The van der Waals surface area contributed by atoms with Crippen LogP contribution in [-0.2, 0) is 75.9 Å². The maximum atomic E-state index is 14.1. The van der Waals surface area contributed by atoms with E-state index < -0.39 is 49.2 Å². The molecule has 7 rings (SSSR count). The SMILES string of the molecule is COC1C(OC)[C@H](OC)CO[C@H]1O[C@H]1C[C@H]2CC([C@H]3C[C@@H]3C)OC(=O)C[C@@H]3O[C@H](CC([C@H]4C[C@@H]4C)OC(=O)C[C@@H](C1)O2)C[C@H](O[C@@H]1OC[C@@H](OC)C(OC)C1OC)C3C. The topological polar surface area (TPSA) is 163 Å². The van der Waals surface area contributed by atoms with Crippen molar-refractivity contribution in [2.45, 2.75) is 177 Å². The summed E-state index contributed by atoms with van der Waals surface area (Å²) in [6.45, 7) is 6.95. The molecule has 0 aromatic carbocycles. The summed E-state index contributed by atoms with van der Waals surface area (Å²) in [4.78, 5) is 28.0. The van der Waals surface area contributed by atoms with Crippen molar-refractivity contribution in [3.05, 3.63) is 0 Å². The summed E-state index contributed by atoms with van der Waals surface area (Å²) in [5.74, 6) is 0.379. The second-order valence-corrected chi connectivity index (χ2v) is 18.1. The molecule has 0 aromatic heterocycles. The van der Waals surface area contributed by atoms with E-state index in [1.165, 1.54) is 0 Å². The second-order valence-electron chi connectivity index (χ2n) is 18.1. The Labute approximate surface area is 349 Å². The van der Waals surface area contributed by atoms with Gasteiger partial charge in [0, 0.05) is 80.7 Å². The number of ether oxygens (including phenoxy) is 14. The number of cyclic esters (lactones) is 2. The minimum atomic E-state index is -0.730. The van der Waals surface area contributed by atoms with Crippen LogP contribution in [0.4, 0.5) is 0 Å². The molecule has 7 unspecified atom stereocenters. The van der Waals surface area contributed by atoms with E-state index in [0.29, 0.717) is 43.9 Å². The Balaban J connectivity index is 1.11. The lowest BCUT2D eigenvalue weighted by molar-refractivity contribution is -0.309. The molecule has 7 aliphatic rings. The predicted octanol–water partition coefficient (Wildman–Crippen LogP) is 3.61. The molecule has 7 fully saturated rings. The smallest absolute Gasteiger partial charge is 0.308 e. The molecule has 5 aliphatic heterocycles. The molecule has 0 aromatic rings. The van der Waals surface area contributed by atoms with Crippen LogP contribution in [0.2, 0.25) is 0 Å². The van der Waals surface area contributed by atoms with Gasteiger partial charge in [-0.15, -0.1) is 0 Å². The lowest BCUT2D eigenvalue weighted by Crippen LogP contribution is -2.58. The van der Waals surface area contributed by atoms with Gasteiger partial charge >= 0.3 is 11.9 Å². The van der Waals surface area contributed by atoms with E-state index in [2.05, 4.69) is 13.8 Å². The van der Waals surface area contributed by atoms with Gasteiger partial charge in [0.2, 0.25) is 0 Å². The zero-order chi connectivity index (χ0) is 42.0. The first-order chi connectivity index (χ1) is 28.5. The summed E-state index contributed by atoms with van der Waals surface area (Å²) >= 11 is 0. The average Bonchev–Trinajstić information content (AvgIpc) is 4.14. The average molecular weight is 843 g/mol. The zero-order valence-corrected chi connectivity index (χ0v) is 36.4. The van der Waals surface area contributed by atoms with Gasteiger partial charge in [-0.05, 0) is 36.5 Å². The largest absolute Gasteiger partial charge is 0.462 e.